The highest BCUT2D eigenvalue weighted by Gasteiger charge is 2.23. The average molecular weight is 295 g/mol. The predicted molar refractivity (Wildman–Crippen MR) is 91.0 cm³/mol. The lowest BCUT2D eigenvalue weighted by molar-refractivity contribution is 0.204. The quantitative estimate of drug-likeness (QED) is 0.759. The zero-order valence-corrected chi connectivity index (χ0v) is 13.6. The molecule has 0 aromatic carbocycles. The van der Waals surface area contributed by atoms with Gasteiger partial charge in [0.2, 0.25) is 0 Å². The van der Waals surface area contributed by atoms with Crippen LogP contribution in [-0.4, -0.2) is 24.5 Å². The summed E-state index contributed by atoms with van der Waals surface area (Å²) in [6.45, 7) is 3.25. The summed E-state index contributed by atoms with van der Waals surface area (Å²) in [6, 6.07) is 2.26. The molecule has 2 heteroatoms. The normalized spacial score (nSPS) is 24.2. The second-order valence-electron chi connectivity index (χ2n) is 6.74. The third-order valence-corrected chi connectivity index (χ3v) is 5.27. The van der Waals surface area contributed by atoms with Gasteiger partial charge in [-0.2, -0.15) is 5.26 Å². The van der Waals surface area contributed by atoms with Gasteiger partial charge in [-0.25, -0.2) is 0 Å². The lowest BCUT2D eigenvalue weighted by atomic mass is 9.81. The Kier molecular flexibility index (Phi) is 5.51. The molecule has 0 aromatic rings. The fourth-order valence-electron chi connectivity index (χ4n) is 3.93. The Labute approximate surface area is 135 Å². The molecule has 1 fully saturated rings. The average Bonchev–Trinajstić information content (AvgIpc) is 2.61. The molecular weight excluding hydrogens is 268 g/mol. The van der Waals surface area contributed by atoms with E-state index in [1.807, 2.05) is 0 Å². The molecule has 1 heterocycles. The molecule has 2 aliphatic carbocycles. The van der Waals surface area contributed by atoms with Crippen LogP contribution in [0.15, 0.2) is 34.9 Å². The molecule has 117 valence electrons. The van der Waals surface area contributed by atoms with Crippen LogP contribution in [0, 0.1) is 23.7 Å². The van der Waals surface area contributed by atoms with E-state index in [4.69, 9.17) is 5.26 Å². The summed E-state index contributed by atoms with van der Waals surface area (Å²) in [4.78, 5) is 2.45. The van der Waals surface area contributed by atoms with Crippen molar-refractivity contribution in [3.8, 4) is 6.07 Å². The van der Waals surface area contributed by atoms with Crippen LogP contribution in [0.2, 0.25) is 0 Å². The highest BCUT2D eigenvalue weighted by Crippen LogP contribution is 2.34. The van der Waals surface area contributed by atoms with Gasteiger partial charge in [0, 0.05) is 13.0 Å². The minimum atomic E-state index is 0.667. The second-order valence-corrected chi connectivity index (χ2v) is 6.74. The molecule has 3 aliphatic rings. The fourth-order valence-corrected chi connectivity index (χ4v) is 3.93. The summed E-state index contributed by atoms with van der Waals surface area (Å²) in [5, 5.41) is 8.70. The predicted octanol–water partition coefficient (Wildman–Crippen LogP) is 4.57. The maximum absolute atomic E-state index is 8.70. The summed E-state index contributed by atoms with van der Waals surface area (Å²) in [7, 11) is 0. The highest BCUT2D eigenvalue weighted by molar-refractivity contribution is 5.46. The minimum absolute atomic E-state index is 0.667. The van der Waals surface area contributed by atoms with Gasteiger partial charge in [0.05, 0.1) is 6.07 Å². The van der Waals surface area contributed by atoms with Gasteiger partial charge in [-0.15, -0.1) is 0 Å². The molecule has 0 aromatic heterocycles. The lowest BCUT2D eigenvalue weighted by Gasteiger charge is -2.33. The van der Waals surface area contributed by atoms with E-state index in [2.05, 4.69) is 35.6 Å². The van der Waals surface area contributed by atoms with Crippen LogP contribution in [-0.2, 0) is 0 Å². The van der Waals surface area contributed by atoms with Gasteiger partial charge in [-0.3, -0.25) is 0 Å². The van der Waals surface area contributed by atoms with Gasteiger partial charge in [-0.1, -0.05) is 18.2 Å². The molecular formula is C20H27N2. The molecule has 1 radical (unpaired) electrons. The molecule has 0 unspecified atom stereocenters. The van der Waals surface area contributed by atoms with Crippen molar-refractivity contribution in [3.05, 3.63) is 41.4 Å². The van der Waals surface area contributed by atoms with Crippen LogP contribution >= 0.6 is 0 Å². The number of nitrogens with zero attached hydrogens (tertiary/aromatic N) is 2. The number of allylic oxidation sites excluding steroid dienone is 6. The molecule has 1 aliphatic heterocycles. The molecule has 1 saturated heterocycles. The Balaban J connectivity index is 1.59. The van der Waals surface area contributed by atoms with E-state index in [0.29, 0.717) is 6.42 Å². The zero-order valence-electron chi connectivity index (χ0n) is 13.6. The molecule has 0 atom stereocenters. The molecule has 0 N–H and O–H groups in total. The van der Waals surface area contributed by atoms with Crippen molar-refractivity contribution in [1.29, 1.82) is 5.26 Å². The van der Waals surface area contributed by atoms with Crippen molar-refractivity contribution in [2.24, 2.45) is 5.92 Å². The van der Waals surface area contributed by atoms with Gasteiger partial charge in [-0.05, 0) is 87.1 Å². The largest absolute Gasteiger partial charge is 0.302 e. The minimum Gasteiger partial charge on any atom is -0.302 e. The van der Waals surface area contributed by atoms with Gasteiger partial charge in [0.25, 0.3) is 0 Å². The van der Waals surface area contributed by atoms with Crippen LogP contribution in [0.1, 0.15) is 51.4 Å². The number of hydrogen-bond donors (Lipinski definition) is 0. The molecule has 22 heavy (non-hydrogen) atoms. The number of hydrogen-bond acceptors (Lipinski definition) is 2. The first kappa shape index (κ1) is 15.6. The number of rotatable bonds is 4. The first-order valence-corrected chi connectivity index (χ1v) is 8.90. The molecule has 0 spiro atoms. The summed E-state index contributed by atoms with van der Waals surface area (Å²) in [5.41, 5.74) is 4.66. The van der Waals surface area contributed by atoms with E-state index in [1.54, 1.807) is 11.1 Å². The SMILES string of the molecule is N#CCCN1CCC(C2=CC[CH]C(C3=CCCCC3)=C2)CC1. The number of piperidine rings is 1. The highest BCUT2D eigenvalue weighted by atomic mass is 15.1. The molecule has 0 amide bonds. The van der Waals surface area contributed by atoms with E-state index in [0.717, 1.165) is 32.0 Å². The summed E-state index contributed by atoms with van der Waals surface area (Å²) < 4.78 is 0. The first-order valence-electron chi connectivity index (χ1n) is 8.90. The van der Waals surface area contributed by atoms with E-state index in [9.17, 15) is 0 Å². The van der Waals surface area contributed by atoms with Crippen LogP contribution in [0.3, 0.4) is 0 Å². The summed E-state index contributed by atoms with van der Waals surface area (Å²) in [5.74, 6) is 0.728. The number of nitriles is 1. The monoisotopic (exact) mass is 295 g/mol. The maximum atomic E-state index is 8.70. The van der Waals surface area contributed by atoms with E-state index in [-0.39, 0.29) is 0 Å². The smallest absolute Gasteiger partial charge is 0.0635 e. The van der Waals surface area contributed by atoms with Crippen molar-refractivity contribution in [3.63, 3.8) is 0 Å². The van der Waals surface area contributed by atoms with Crippen molar-refractivity contribution in [2.45, 2.75) is 51.4 Å². The third-order valence-electron chi connectivity index (χ3n) is 5.27. The van der Waals surface area contributed by atoms with E-state index >= 15 is 0 Å². The molecule has 0 bridgehead atoms. The Morgan fingerprint density at radius 1 is 1.18 bits per heavy atom. The van der Waals surface area contributed by atoms with E-state index < -0.39 is 0 Å². The van der Waals surface area contributed by atoms with Gasteiger partial charge in [0.15, 0.2) is 0 Å². The van der Waals surface area contributed by atoms with Crippen LogP contribution in [0.4, 0.5) is 0 Å². The standard InChI is InChI=1S/C20H27N2/c21-12-5-13-22-14-10-18(11-15-22)20-9-4-8-19(16-20)17-6-2-1-3-7-17/h6,8-9,16,18H,1-5,7,10-11,13-15H2. The van der Waals surface area contributed by atoms with Crippen LogP contribution < -0.4 is 0 Å². The Morgan fingerprint density at radius 3 is 2.77 bits per heavy atom. The third kappa shape index (κ3) is 3.90. The summed E-state index contributed by atoms with van der Waals surface area (Å²) in [6.07, 6.45) is 19.3. The van der Waals surface area contributed by atoms with Crippen molar-refractivity contribution in [2.75, 3.05) is 19.6 Å². The van der Waals surface area contributed by atoms with E-state index in [1.165, 1.54) is 44.1 Å². The van der Waals surface area contributed by atoms with Crippen LogP contribution in [0.25, 0.3) is 0 Å². The molecule has 3 rings (SSSR count). The zero-order chi connectivity index (χ0) is 15.2. The molecule has 0 saturated carbocycles. The Hall–Kier alpha value is -1.33. The Morgan fingerprint density at radius 2 is 2.05 bits per heavy atom. The summed E-state index contributed by atoms with van der Waals surface area (Å²) >= 11 is 0. The van der Waals surface area contributed by atoms with Gasteiger partial charge >= 0.3 is 0 Å². The van der Waals surface area contributed by atoms with Crippen molar-refractivity contribution < 1.29 is 0 Å². The Bertz CT molecular complexity index is 510. The topological polar surface area (TPSA) is 27.0 Å². The molecule has 2 nitrogen and oxygen atoms in total. The second kappa shape index (κ2) is 7.79. The maximum Gasteiger partial charge on any atom is 0.0635 e. The van der Waals surface area contributed by atoms with Crippen LogP contribution in [0.5, 0.6) is 0 Å². The van der Waals surface area contributed by atoms with Crippen molar-refractivity contribution >= 4 is 0 Å². The fraction of sp³-hybridized carbons (Fsp3) is 0.600. The first-order chi connectivity index (χ1) is 10.9. The van der Waals surface area contributed by atoms with Crippen molar-refractivity contribution in [1.82, 2.24) is 4.90 Å². The lowest BCUT2D eigenvalue weighted by Crippen LogP contribution is -2.34. The number of likely N-dealkylation sites (tertiary alicyclic amines) is 1. The van der Waals surface area contributed by atoms with Gasteiger partial charge < -0.3 is 4.90 Å². The van der Waals surface area contributed by atoms with Gasteiger partial charge in [0.1, 0.15) is 0 Å².